The van der Waals surface area contributed by atoms with Gasteiger partial charge in [-0.05, 0) is 0 Å². The molecule has 0 aromatic rings. The third kappa shape index (κ3) is 12.1. The van der Waals surface area contributed by atoms with E-state index in [2.05, 4.69) is 10.6 Å². The Balaban J connectivity index is 3.59. The van der Waals surface area contributed by atoms with Crippen molar-refractivity contribution in [3.05, 3.63) is 0 Å². The van der Waals surface area contributed by atoms with Gasteiger partial charge in [-0.1, -0.05) is 0 Å². The zero-order chi connectivity index (χ0) is 15.2. The van der Waals surface area contributed by atoms with Gasteiger partial charge in [-0.2, -0.15) is 0 Å². The summed E-state index contributed by atoms with van der Waals surface area (Å²) in [6, 6.07) is 0. The second kappa shape index (κ2) is 13.0. The minimum absolute atomic E-state index is 0.0390. The number of rotatable bonds is 12. The molecule has 0 rings (SSSR count). The van der Waals surface area contributed by atoms with Gasteiger partial charge in [0.2, 0.25) is 0 Å². The van der Waals surface area contributed by atoms with Crippen LogP contribution in [0.5, 0.6) is 0 Å². The summed E-state index contributed by atoms with van der Waals surface area (Å²) < 4.78 is 9.60. The van der Waals surface area contributed by atoms with E-state index in [9.17, 15) is 4.79 Å². The van der Waals surface area contributed by atoms with Crippen LogP contribution in [0.3, 0.4) is 0 Å². The Morgan fingerprint density at radius 1 is 0.900 bits per heavy atom. The Labute approximate surface area is 118 Å². The van der Waals surface area contributed by atoms with Gasteiger partial charge in [0.15, 0.2) is 12.5 Å². The predicted molar refractivity (Wildman–Crippen MR) is 72.7 cm³/mol. The topological polar surface area (TPSA) is 152 Å². The molecule has 0 heterocycles. The lowest BCUT2D eigenvalue weighted by Gasteiger charge is -2.16. The summed E-state index contributed by atoms with van der Waals surface area (Å²) in [4.78, 5) is 11.3. The van der Waals surface area contributed by atoms with Gasteiger partial charge in [0.1, 0.15) is 0 Å². The Bertz CT molecular complexity index is 223. The fraction of sp³-hybridized carbons (Fsp3) is 0.909. The summed E-state index contributed by atoms with van der Waals surface area (Å²) in [5.74, 6) is 0. The zero-order valence-electron chi connectivity index (χ0n) is 11.6. The van der Waals surface area contributed by atoms with E-state index < -0.39 is 18.6 Å². The van der Waals surface area contributed by atoms with E-state index in [0.717, 1.165) is 0 Å². The number of hydrogen-bond acceptors (Lipinski definition) is 9. The van der Waals surface area contributed by atoms with E-state index in [1.54, 1.807) is 0 Å². The molecule has 2 unspecified atom stereocenters. The van der Waals surface area contributed by atoms with Gasteiger partial charge in [-0.3, -0.25) is 11.5 Å². The number of aliphatic hydroxyl groups is 2. The van der Waals surface area contributed by atoms with E-state index in [1.807, 2.05) is 0 Å². The number of carbonyl (C=O) groups is 1. The van der Waals surface area contributed by atoms with Gasteiger partial charge in [-0.15, -0.1) is 0 Å². The molecule has 0 aromatic carbocycles. The van der Waals surface area contributed by atoms with Crippen LogP contribution in [-0.2, 0) is 9.47 Å². The molecule has 0 amide bonds. The highest BCUT2D eigenvalue weighted by Crippen LogP contribution is 1.97. The maximum atomic E-state index is 11.3. The van der Waals surface area contributed by atoms with Crippen molar-refractivity contribution in [1.29, 1.82) is 0 Å². The molecule has 0 bridgehead atoms. The van der Waals surface area contributed by atoms with Gasteiger partial charge in [-0.25, -0.2) is 4.79 Å². The van der Waals surface area contributed by atoms with Crippen molar-refractivity contribution in [2.45, 2.75) is 25.3 Å². The molecule has 20 heavy (non-hydrogen) atoms. The minimum Gasteiger partial charge on any atom is -0.415 e. The molecule has 0 aliphatic heterocycles. The lowest BCUT2D eigenvalue weighted by atomic mass is 10.4. The summed E-state index contributed by atoms with van der Waals surface area (Å²) in [6.45, 7) is 2.04. The van der Waals surface area contributed by atoms with Crippen LogP contribution in [0, 0.1) is 0 Å². The first kappa shape index (κ1) is 19.0. The smallest absolute Gasteiger partial charge is 0.415 e. The van der Waals surface area contributed by atoms with E-state index in [-0.39, 0.29) is 13.2 Å². The summed E-state index contributed by atoms with van der Waals surface area (Å²) in [5, 5.41) is 22.9. The van der Waals surface area contributed by atoms with Crippen LogP contribution in [-0.4, -0.2) is 68.2 Å². The second-order valence-electron chi connectivity index (χ2n) is 4.09. The maximum absolute atomic E-state index is 11.3. The second-order valence-corrected chi connectivity index (χ2v) is 4.09. The van der Waals surface area contributed by atoms with Gasteiger partial charge < -0.3 is 30.3 Å². The highest BCUT2D eigenvalue weighted by molar-refractivity contribution is 5.60. The summed E-state index contributed by atoms with van der Waals surface area (Å²) in [7, 11) is 0. The molecule has 0 aromatic heterocycles. The molecule has 0 radical (unpaired) electrons. The van der Waals surface area contributed by atoms with Crippen LogP contribution in [0.15, 0.2) is 0 Å². The van der Waals surface area contributed by atoms with E-state index in [4.69, 9.17) is 31.2 Å². The number of hydrogen-bond donors (Lipinski definition) is 6. The van der Waals surface area contributed by atoms with Crippen LogP contribution in [0.2, 0.25) is 0 Å². The third-order valence-corrected chi connectivity index (χ3v) is 2.28. The van der Waals surface area contributed by atoms with E-state index >= 15 is 0 Å². The van der Waals surface area contributed by atoms with Gasteiger partial charge in [0.25, 0.3) is 0 Å². The molecule has 9 nitrogen and oxygen atoms in total. The monoisotopic (exact) mass is 294 g/mol. The van der Waals surface area contributed by atoms with E-state index in [0.29, 0.717) is 39.0 Å². The van der Waals surface area contributed by atoms with Crippen molar-refractivity contribution in [3.8, 4) is 0 Å². The Hall–Kier alpha value is -0.970. The largest absolute Gasteiger partial charge is 0.511 e. The molecule has 0 aliphatic carbocycles. The normalized spacial score (nSPS) is 13.8. The summed E-state index contributed by atoms with van der Waals surface area (Å²) in [5.41, 5.74) is 11.1. The van der Waals surface area contributed by atoms with Crippen molar-refractivity contribution < 1.29 is 24.5 Å². The van der Waals surface area contributed by atoms with Crippen LogP contribution in [0.1, 0.15) is 12.8 Å². The molecule has 0 spiro atoms. The maximum Gasteiger partial charge on any atom is 0.511 e. The molecule has 0 fully saturated rings. The molecule has 0 aliphatic rings. The molecule has 2 atom stereocenters. The van der Waals surface area contributed by atoms with Crippen molar-refractivity contribution >= 4 is 6.16 Å². The first-order valence-electron chi connectivity index (χ1n) is 6.61. The number of nitrogens with one attached hydrogen (secondary N) is 2. The molecule has 0 saturated heterocycles. The Morgan fingerprint density at radius 2 is 1.30 bits per heavy atom. The fourth-order valence-corrected chi connectivity index (χ4v) is 1.29. The highest BCUT2D eigenvalue weighted by atomic mass is 16.7. The highest BCUT2D eigenvalue weighted by Gasteiger charge is 2.14. The fourth-order valence-electron chi connectivity index (χ4n) is 1.29. The molecule has 0 saturated carbocycles. The Morgan fingerprint density at radius 3 is 1.65 bits per heavy atom. The SMILES string of the molecule is NC(CCNCCO)OC(=O)OC(N)CCNCCO. The van der Waals surface area contributed by atoms with Crippen molar-refractivity contribution in [3.63, 3.8) is 0 Å². The van der Waals surface area contributed by atoms with Crippen molar-refractivity contribution in [2.75, 3.05) is 39.4 Å². The van der Waals surface area contributed by atoms with Gasteiger partial charge >= 0.3 is 6.16 Å². The minimum atomic E-state index is -0.908. The van der Waals surface area contributed by atoms with Crippen LogP contribution < -0.4 is 22.1 Å². The first-order chi connectivity index (χ1) is 9.60. The molecular formula is C11H26N4O5. The van der Waals surface area contributed by atoms with Crippen LogP contribution in [0.4, 0.5) is 4.79 Å². The molecular weight excluding hydrogens is 268 g/mol. The lowest BCUT2D eigenvalue weighted by molar-refractivity contribution is -0.00223. The lowest BCUT2D eigenvalue weighted by Crippen LogP contribution is -2.36. The zero-order valence-corrected chi connectivity index (χ0v) is 11.6. The average Bonchev–Trinajstić information content (AvgIpc) is 2.39. The van der Waals surface area contributed by atoms with Crippen molar-refractivity contribution in [1.82, 2.24) is 10.6 Å². The number of ether oxygens (including phenoxy) is 2. The van der Waals surface area contributed by atoms with Crippen LogP contribution >= 0.6 is 0 Å². The first-order valence-corrected chi connectivity index (χ1v) is 6.61. The molecule has 8 N–H and O–H groups in total. The number of nitrogens with two attached hydrogens (primary N) is 2. The number of carbonyl (C=O) groups excluding carboxylic acids is 1. The predicted octanol–water partition coefficient (Wildman–Crippen LogP) is -2.35. The number of aliphatic hydroxyl groups excluding tert-OH is 2. The van der Waals surface area contributed by atoms with Crippen LogP contribution in [0.25, 0.3) is 0 Å². The summed E-state index contributed by atoms with van der Waals surface area (Å²) >= 11 is 0. The van der Waals surface area contributed by atoms with Gasteiger partial charge in [0.05, 0.1) is 13.2 Å². The van der Waals surface area contributed by atoms with E-state index in [1.165, 1.54) is 0 Å². The third-order valence-electron chi connectivity index (χ3n) is 2.28. The summed E-state index contributed by atoms with van der Waals surface area (Å²) in [6.07, 6.45) is -1.67. The van der Waals surface area contributed by atoms with Crippen molar-refractivity contribution in [2.24, 2.45) is 11.5 Å². The van der Waals surface area contributed by atoms with Gasteiger partial charge in [0, 0.05) is 39.0 Å². The molecule has 9 heteroatoms. The average molecular weight is 294 g/mol. The Kier molecular flexibility index (Phi) is 12.4. The molecule has 120 valence electrons. The quantitative estimate of drug-likeness (QED) is 0.132. The standard InChI is InChI=1S/C11H26N4O5/c12-9(1-3-14-5-7-16)19-11(18)20-10(13)2-4-15-6-8-17/h9-10,14-17H,1-8,12-13H2.